The Morgan fingerprint density at radius 2 is 2.04 bits per heavy atom. The van der Waals surface area contributed by atoms with Crippen LogP contribution in [0.1, 0.15) is 15.2 Å². The van der Waals surface area contributed by atoms with E-state index in [1.165, 1.54) is 10.9 Å². The van der Waals surface area contributed by atoms with Crippen LogP contribution in [0.4, 0.5) is 5.95 Å². The Hall–Kier alpha value is -3.52. The number of hydrogen-bond acceptors (Lipinski definition) is 7. The quantitative estimate of drug-likeness (QED) is 0.540. The molecule has 8 heteroatoms. The molecule has 0 aliphatic heterocycles. The number of pyridine rings is 1. The van der Waals surface area contributed by atoms with E-state index in [0.717, 1.165) is 16.2 Å². The summed E-state index contributed by atoms with van der Waals surface area (Å²) in [5.74, 6) is 1.28. The number of benzene rings is 1. The Kier molecular flexibility index (Phi) is 5.11. The number of aromatic nitrogens is 4. The first-order chi connectivity index (χ1) is 13.7. The van der Waals surface area contributed by atoms with Gasteiger partial charge in [-0.05, 0) is 47.8 Å². The zero-order valence-corrected chi connectivity index (χ0v) is 15.9. The summed E-state index contributed by atoms with van der Waals surface area (Å²) in [6.45, 7) is 0.554. The Bertz CT molecular complexity index is 1060. The number of anilines is 1. The maximum Gasteiger partial charge on any atom is 0.282 e. The van der Waals surface area contributed by atoms with Gasteiger partial charge in [0.05, 0.1) is 19.2 Å². The molecule has 0 aliphatic carbocycles. The molecule has 0 saturated heterocycles. The fraction of sp³-hybridized carbons (Fsp3) is 0.100. The van der Waals surface area contributed by atoms with E-state index >= 15 is 0 Å². The maximum absolute atomic E-state index is 12.9. The van der Waals surface area contributed by atoms with Gasteiger partial charge in [-0.1, -0.05) is 6.07 Å². The second-order valence-corrected chi connectivity index (χ2v) is 6.91. The highest BCUT2D eigenvalue weighted by atomic mass is 32.1. The van der Waals surface area contributed by atoms with E-state index in [1.807, 2.05) is 41.8 Å². The normalized spacial score (nSPS) is 10.6. The molecule has 1 aromatic carbocycles. The topological polar surface area (TPSA) is 81.9 Å². The van der Waals surface area contributed by atoms with Crippen LogP contribution in [0, 0.1) is 0 Å². The molecule has 3 heterocycles. The SMILES string of the molecule is COc1ccc(-c2nc(NCc3cccs3)n(C(=O)c3cccnc3)n2)cc1. The highest BCUT2D eigenvalue weighted by molar-refractivity contribution is 7.09. The zero-order chi connectivity index (χ0) is 19.3. The molecule has 3 aromatic heterocycles. The first-order valence-corrected chi connectivity index (χ1v) is 9.45. The summed E-state index contributed by atoms with van der Waals surface area (Å²) < 4.78 is 6.47. The van der Waals surface area contributed by atoms with E-state index in [2.05, 4.69) is 20.4 Å². The van der Waals surface area contributed by atoms with Gasteiger partial charge in [-0.3, -0.25) is 9.78 Å². The molecule has 0 aliphatic rings. The summed E-state index contributed by atoms with van der Waals surface area (Å²) in [5.41, 5.74) is 1.23. The van der Waals surface area contributed by atoms with Gasteiger partial charge in [-0.2, -0.15) is 9.67 Å². The van der Waals surface area contributed by atoms with Crippen LogP contribution < -0.4 is 10.1 Å². The standard InChI is InChI=1S/C20H17N5O2S/c1-27-16-8-6-14(7-9-16)18-23-20(22-13-17-5-3-11-28-17)25(24-18)19(26)15-4-2-10-21-12-15/h2-12H,13H2,1H3,(H,22,23,24). The summed E-state index contributed by atoms with van der Waals surface area (Å²) in [6.07, 6.45) is 3.14. The van der Waals surface area contributed by atoms with Crippen LogP contribution in [-0.2, 0) is 6.54 Å². The number of rotatable bonds is 6. The zero-order valence-electron chi connectivity index (χ0n) is 15.1. The van der Waals surface area contributed by atoms with Crippen molar-refractivity contribution in [1.29, 1.82) is 0 Å². The molecule has 0 spiro atoms. The minimum absolute atomic E-state index is 0.297. The number of carbonyl (C=O) groups is 1. The number of methoxy groups -OCH3 is 1. The van der Waals surface area contributed by atoms with Crippen LogP contribution in [0.15, 0.2) is 66.3 Å². The summed E-state index contributed by atoms with van der Waals surface area (Å²) in [5, 5.41) is 9.66. The van der Waals surface area contributed by atoms with E-state index in [-0.39, 0.29) is 5.91 Å². The van der Waals surface area contributed by atoms with Crippen molar-refractivity contribution in [3.63, 3.8) is 0 Å². The van der Waals surface area contributed by atoms with Gasteiger partial charge in [0.2, 0.25) is 5.95 Å². The highest BCUT2D eigenvalue weighted by Crippen LogP contribution is 2.22. The maximum atomic E-state index is 12.9. The molecule has 28 heavy (non-hydrogen) atoms. The van der Waals surface area contributed by atoms with E-state index in [0.29, 0.717) is 23.9 Å². The lowest BCUT2D eigenvalue weighted by Gasteiger charge is -2.06. The van der Waals surface area contributed by atoms with E-state index in [9.17, 15) is 4.79 Å². The van der Waals surface area contributed by atoms with E-state index < -0.39 is 0 Å². The lowest BCUT2D eigenvalue weighted by molar-refractivity contribution is 0.0947. The van der Waals surface area contributed by atoms with E-state index in [1.54, 1.807) is 36.8 Å². The number of thiophene rings is 1. The lowest BCUT2D eigenvalue weighted by Crippen LogP contribution is -2.17. The first kappa shape index (κ1) is 17.9. The Labute approximate surface area is 165 Å². The number of nitrogens with zero attached hydrogens (tertiary/aromatic N) is 4. The van der Waals surface area contributed by atoms with Gasteiger partial charge in [-0.15, -0.1) is 16.4 Å². The van der Waals surface area contributed by atoms with Crippen LogP contribution in [-0.4, -0.2) is 32.8 Å². The second kappa shape index (κ2) is 8.01. The average Bonchev–Trinajstić information content (AvgIpc) is 3.42. The van der Waals surface area contributed by atoms with Gasteiger partial charge < -0.3 is 10.1 Å². The molecule has 0 saturated carbocycles. The van der Waals surface area contributed by atoms with Crippen molar-refractivity contribution in [1.82, 2.24) is 19.7 Å². The fourth-order valence-electron chi connectivity index (χ4n) is 2.62. The number of nitrogens with one attached hydrogen (secondary N) is 1. The number of carbonyl (C=O) groups excluding carboxylic acids is 1. The van der Waals surface area contributed by atoms with Crippen molar-refractivity contribution in [3.05, 3.63) is 76.7 Å². The van der Waals surface area contributed by atoms with E-state index in [4.69, 9.17) is 4.74 Å². The summed E-state index contributed by atoms with van der Waals surface area (Å²) in [4.78, 5) is 22.6. The van der Waals surface area contributed by atoms with Crippen molar-refractivity contribution < 1.29 is 9.53 Å². The smallest absolute Gasteiger partial charge is 0.282 e. The molecule has 0 unspecified atom stereocenters. The van der Waals surface area contributed by atoms with Gasteiger partial charge in [0, 0.05) is 22.8 Å². The largest absolute Gasteiger partial charge is 0.497 e. The molecule has 7 nitrogen and oxygen atoms in total. The van der Waals surface area contributed by atoms with Gasteiger partial charge in [0.15, 0.2) is 5.82 Å². The molecule has 0 radical (unpaired) electrons. The molecule has 0 atom stereocenters. The summed E-state index contributed by atoms with van der Waals surface area (Å²) >= 11 is 1.63. The molecular formula is C20H17N5O2S. The van der Waals surface area contributed by atoms with Crippen molar-refractivity contribution in [2.45, 2.75) is 6.54 Å². The minimum atomic E-state index is -0.297. The summed E-state index contributed by atoms with van der Waals surface area (Å²) in [6, 6.07) is 14.8. The van der Waals surface area contributed by atoms with Crippen molar-refractivity contribution in [3.8, 4) is 17.1 Å². The second-order valence-electron chi connectivity index (χ2n) is 5.88. The van der Waals surface area contributed by atoms with Gasteiger partial charge in [-0.25, -0.2) is 0 Å². The van der Waals surface area contributed by atoms with Gasteiger partial charge in [0.25, 0.3) is 5.91 Å². The Morgan fingerprint density at radius 1 is 1.18 bits per heavy atom. The number of hydrogen-bond donors (Lipinski definition) is 1. The first-order valence-electron chi connectivity index (χ1n) is 8.57. The van der Waals surface area contributed by atoms with Crippen LogP contribution in [0.25, 0.3) is 11.4 Å². The predicted molar refractivity (Wildman–Crippen MR) is 108 cm³/mol. The minimum Gasteiger partial charge on any atom is -0.497 e. The molecular weight excluding hydrogens is 374 g/mol. The van der Waals surface area contributed by atoms with Crippen molar-refractivity contribution in [2.75, 3.05) is 12.4 Å². The predicted octanol–water partition coefficient (Wildman–Crippen LogP) is 3.71. The molecule has 1 N–H and O–H groups in total. The monoisotopic (exact) mass is 391 g/mol. The number of ether oxygens (including phenoxy) is 1. The van der Waals surface area contributed by atoms with Crippen molar-refractivity contribution in [2.24, 2.45) is 0 Å². The van der Waals surface area contributed by atoms with Crippen LogP contribution in [0.2, 0.25) is 0 Å². The van der Waals surface area contributed by atoms with Gasteiger partial charge >= 0.3 is 0 Å². The third-order valence-electron chi connectivity index (χ3n) is 4.06. The highest BCUT2D eigenvalue weighted by Gasteiger charge is 2.19. The fourth-order valence-corrected chi connectivity index (χ4v) is 3.27. The average molecular weight is 391 g/mol. The van der Waals surface area contributed by atoms with Crippen LogP contribution in [0.3, 0.4) is 0 Å². The van der Waals surface area contributed by atoms with Crippen LogP contribution >= 0.6 is 11.3 Å². The van der Waals surface area contributed by atoms with Gasteiger partial charge in [0.1, 0.15) is 5.75 Å². The molecule has 0 bridgehead atoms. The molecule has 0 amide bonds. The Morgan fingerprint density at radius 3 is 2.71 bits per heavy atom. The third kappa shape index (κ3) is 3.77. The Balaban J connectivity index is 1.69. The molecule has 0 fully saturated rings. The summed E-state index contributed by atoms with van der Waals surface area (Å²) in [7, 11) is 1.61. The lowest BCUT2D eigenvalue weighted by atomic mass is 10.2. The molecule has 4 aromatic rings. The van der Waals surface area contributed by atoms with Crippen LogP contribution in [0.5, 0.6) is 5.75 Å². The molecule has 4 rings (SSSR count). The third-order valence-corrected chi connectivity index (χ3v) is 4.93. The molecule has 140 valence electrons. The van der Waals surface area contributed by atoms with Crippen molar-refractivity contribution >= 4 is 23.2 Å².